The first-order valence-electron chi connectivity index (χ1n) is 8.91. The molecule has 7 nitrogen and oxygen atoms in total. The SMILES string of the molecule is CCCS(=O)(=O)N[C@H]1C[C@@H](C2=C(C)B(O)Oc3cnc4[nH]ccc4c32)C1. The van der Waals surface area contributed by atoms with Crippen LogP contribution in [0.25, 0.3) is 16.6 Å². The number of aromatic amines is 1. The van der Waals surface area contributed by atoms with Gasteiger partial charge in [0.2, 0.25) is 10.0 Å². The molecule has 3 heterocycles. The third-order valence-electron chi connectivity index (χ3n) is 5.22. The largest absolute Gasteiger partial charge is 0.555 e. The van der Waals surface area contributed by atoms with E-state index < -0.39 is 17.1 Å². The Morgan fingerprint density at radius 3 is 2.96 bits per heavy atom. The van der Waals surface area contributed by atoms with Gasteiger partial charge in [0.15, 0.2) is 0 Å². The number of H-pyrrole nitrogens is 1. The van der Waals surface area contributed by atoms with E-state index >= 15 is 0 Å². The lowest BCUT2D eigenvalue weighted by molar-refractivity contribution is 0.307. The van der Waals surface area contributed by atoms with Gasteiger partial charge in [0, 0.05) is 23.2 Å². The van der Waals surface area contributed by atoms with E-state index in [2.05, 4.69) is 14.7 Å². The van der Waals surface area contributed by atoms with Crippen molar-refractivity contribution in [1.29, 1.82) is 0 Å². The minimum atomic E-state index is -3.21. The Kier molecular flexibility index (Phi) is 4.33. The van der Waals surface area contributed by atoms with Crippen molar-refractivity contribution < 1.29 is 18.1 Å². The predicted molar refractivity (Wildman–Crippen MR) is 101 cm³/mol. The number of fused-ring (bicyclic) bond motifs is 3. The highest BCUT2D eigenvalue weighted by Gasteiger charge is 2.41. The minimum absolute atomic E-state index is 0.0520. The van der Waals surface area contributed by atoms with E-state index in [0.29, 0.717) is 12.2 Å². The third kappa shape index (κ3) is 2.93. The normalized spacial score (nSPS) is 23.0. The van der Waals surface area contributed by atoms with E-state index in [-0.39, 0.29) is 17.7 Å². The lowest BCUT2D eigenvalue weighted by Gasteiger charge is -2.40. The smallest absolute Gasteiger partial charge is 0.531 e. The molecule has 0 saturated heterocycles. The molecule has 9 heteroatoms. The lowest BCUT2D eigenvalue weighted by Crippen LogP contribution is -2.46. The van der Waals surface area contributed by atoms with Crippen LogP contribution in [-0.4, -0.2) is 42.3 Å². The summed E-state index contributed by atoms with van der Waals surface area (Å²) >= 11 is 0. The van der Waals surface area contributed by atoms with Gasteiger partial charge in [-0.05, 0) is 49.2 Å². The van der Waals surface area contributed by atoms with Crippen molar-refractivity contribution in [2.45, 2.75) is 39.2 Å². The minimum Gasteiger partial charge on any atom is -0.531 e. The monoisotopic (exact) mass is 375 g/mol. The molecule has 1 saturated carbocycles. The summed E-state index contributed by atoms with van der Waals surface area (Å²) < 4.78 is 32.4. The summed E-state index contributed by atoms with van der Waals surface area (Å²) in [6.07, 6.45) is 5.50. The fraction of sp³-hybridized carbons (Fsp3) is 0.471. The van der Waals surface area contributed by atoms with Crippen molar-refractivity contribution >= 4 is 33.7 Å². The highest BCUT2D eigenvalue weighted by molar-refractivity contribution is 7.89. The molecule has 0 unspecified atom stereocenters. The Bertz CT molecular complexity index is 979. The van der Waals surface area contributed by atoms with Crippen molar-refractivity contribution in [3.8, 4) is 5.75 Å². The van der Waals surface area contributed by atoms with Crippen molar-refractivity contribution in [3.63, 3.8) is 0 Å². The van der Waals surface area contributed by atoms with E-state index in [0.717, 1.165) is 40.5 Å². The fourth-order valence-electron chi connectivity index (χ4n) is 3.95. The lowest BCUT2D eigenvalue weighted by atomic mass is 9.64. The highest BCUT2D eigenvalue weighted by atomic mass is 32.2. The number of allylic oxidation sites excluding steroid dienone is 2. The molecule has 0 spiro atoms. The summed E-state index contributed by atoms with van der Waals surface area (Å²) in [6.45, 7) is 3.73. The molecule has 138 valence electrons. The Balaban J connectivity index is 1.63. The molecular weight excluding hydrogens is 353 g/mol. The second-order valence-electron chi connectivity index (χ2n) is 7.11. The average molecular weight is 375 g/mol. The first kappa shape index (κ1) is 17.6. The molecule has 4 rings (SSSR count). The van der Waals surface area contributed by atoms with Gasteiger partial charge in [-0.2, -0.15) is 0 Å². The summed E-state index contributed by atoms with van der Waals surface area (Å²) in [5.41, 5.74) is 3.57. The number of nitrogens with one attached hydrogen (secondary N) is 2. The van der Waals surface area contributed by atoms with Crippen LogP contribution in [0.15, 0.2) is 23.9 Å². The zero-order valence-corrected chi connectivity index (χ0v) is 15.6. The van der Waals surface area contributed by atoms with Crippen LogP contribution < -0.4 is 9.38 Å². The number of pyridine rings is 1. The summed E-state index contributed by atoms with van der Waals surface area (Å²) in [7, 11) is -4.21. The predicted octanol–water partition coefficient (Wildman–Crippen LogP) is 1.86. The van der Waals surface area contributed by atoms with Crippen LogP contribution >= 0.6 is 0 Å². The number of rotatable bonds is 5. The molecule has 0 atom stereocenters. The van der Waals surface area contributed by atoms with Crippen molar-refractivity contribution in [2.24, 2.45) is 5.92 Å². The Morgan fingerprint density at radius 2 is 2.23 bits per heavy atom. The van der Waals surface area contributed by atoms with Gasteiger partial charge in [0.25, 0.3) is 0 Å². The van der Waals surface area contributed by atoms with Crippen molar-refractivity contribution in [1.82, 2.24) is 14.7 Å². The fourth-order valence-corrected chi connectivity index (χ4v) is 5.31. The summed E-state index contributed by atoms with van der Waals surface area (Å²) in [5, 5.41) is 11.2. The Morgan fingerprint density at radius 1 is 1.46 bits per heavy atom. The van der Waals surface area contributed by atoms with Crippen molar-refractivity contribution in [3.05, 3.63) is 29.5 Å². The molecule has 2 aliphatic rings. The van der Waals surface area contributed by atoms with Gasteiger partial charge in [0.05, 0.1) is 11.9 Å². The molecule has 0 radical (unpaired) electrons. The molecule has 0 aromatic carbocycles. The van der Waals surface area contributed by atoms with Gasteiger partial charge in [-0.25, -0.2) is 18.1 Å². The van der Waals surface area contributed by atoms with Crippen LogP contribution in [-0.2, 0) is 10.0 Å². The number of sulfonamides is 1. The highest BCUT2D eigenvalue weighted by Crippen LogP contribution is 2.48. The molecule has 26 heavy (non-hydrogen) atoms. The number of hydrogen-bond donors (Lipinski definition) is 3. The van der Waals surface area contributed by atoms with Crippen LogP contribution in [0.5, 0.6) is 5.75 Å². The maximum atomic E-state index is 12.0. The first-order valence-corrected chi connectivity index (χ1v) is 10.6. The van der Waals surface area contributed by atoms with Crippen LogP contribution in [0.4, 0.5) is 0 Å². The average Bonchev–Trinajstić information content (AvgIpc) is 3.01. The molecule has 1 aliphatic heterocycles. The van der Waals surface area contributed by atoms with Gasteiger partial charge >= 0.3 is 7.12 Å². The molecular formula is C17H22BN3O4S. The molecule has 1 aliphatic carbocycles. The third-order valence-corrected chi connectivity index (χ3v) is 6.86. The number of nitrogens with zero attached hydrogens (tertiary/aromatic N) is 1. The Hall–Kier alpha value is -1.84. The zero-order chi connectivity index (χ0) is 18.5. The van der Waals surface area contributed by atoms with E-state index in [9.17, 15) is 13.4 Å². The molecule has 0 bridgehead atoms. The molecule has 2 aromatic rings. The molecule has 0 amide bonds. The molecule has 3 N–H and O–H groups in total. The summed E-state index contributed by atoms with van der Waals surface area (Å²) in [5.74, 6) is 0.906. The molecule has 1 fully saturated rings. The zero-order valence-electron chi connectivity index (χ0n) is 14.8. The van der Waals surface area contributed by atoms with Gasteiger partial charge in [-0.15, -0.1) is 0 Å². The van der Waals surface area contributed by atoms with Crippen molar-refractivity contribution in [2.75, 3.05) is 5.75 Å². The maximum Gasteiger partial charge on any atom is 0.555 e. The summed E-state index contributed by atoms with van der Waals surface area (Å²) in [4.78, 5) is 7.43. The standard InChI is InChI=1S/C17H22BN3O4S/c1-3-6-26(23,24)21-12-7-11(8-12)15-10(2)18(22)25-14-9-20-17-13(16(14)15)4-5-19-17/h4-5,9,11-12,21-22H,3,6-8H2,1-2H3,(H,19,20)/t11-,12+. The van der Waals surface area contributed by atoms with Gasteiger partial charge < -0.3 is 14.7 Å². The second-order valence-corrected chi connectivity index (χ2v) is 8.98. The second kappa shape index (κ2) is 6.40. The van der Waals surface area contributed by atoms with E-state index in [1.165, 1.54) is 0 Å². The van der Waals surface area contributed by atoms with E-state index in [4.69, 9.17) is 4.65 Å². The van der Waals surface area contributed by atoms with Crippen LogP contribution in [0.3, 0.4) is 0 Å². The van der Waals surface area contributed by atoms with Crippen LogP contribution in [0.2, 0.25) is 0 Å². The topological polar surface area (TPSA) is 104 Å². The summed E-state index contributed by atoms with van der Waals surface area (Å²) in [6, 6.07) is 1.90. The first-order chi connectivity index (χ1) is 12.4. The van der Waals surface area contributed by atoms with Gasteiger partial charge in [-0.3, -0.25) is 0 Å². The van der Waals surface area contributed by atoms with Gasteiger partial charge in [0.1, 0.15) is 11.4 Å². The number of hydrogen-bond acceptors (Lipinski definition) is 5. The van der Waals surface area contributed by atoms with Crippen LogP contribution in [0, 0.1) is 5.92 Å². The van der Waals surface area contributed by atoms with Crippen LogP contribution in [0.1, 0.15) is 38.7 Å². The van der Waals surface area contributed by atoms with E-state index in [1.54, 1.807) is 6.20 Å². The maximum absolute atomic E-state index is 12.0. The van der Waals surface area contributed by atoms with Gasteiger partial charge in [-0.1, -0.05) is 6.92 Å². The quantitative estimate of drug-likeness (QED) is 0.692. The Labute approximate surface area is 153 Å². The van der Waals surface area contributed by atoms with E-state index in [1.807, 2.05) is 26.1 Å². The number of aromatic nitrogens is 2. The molecule has 2 aromatic heterocycles.